The summed E-state index contributed by atoms with van der Waals surface area (Å²) in [5.74, 6) is 0. The highest BCUT2D eigenvalue weighted by molar-refractivity contribution is 8.00. The largest absolute Gasteiger partial charge is 0.368 e. The molecule has 0 aliphatic carbocycles. The van der Waals surface area contributed by atoms with Gasteiger partial charge in [0.1, 0.15) is 5.37 Å². The predicted octanol–water partition coefficient (Wildman–Crippen LogP) is 13.7. The van der Waals surface area contributed by atoms with Gasteiger partial charge in [0.25, 0.3) is 0 Å². The van der Waals surface area contributed by atoms with Crippen molar-refractivity contribution in [2.45, 2.75) is 10.3 Å². The second-order valence-electron chi connectivity index (χ2n) is 12.6. The summed E-state index contributed by atoms with van der Waals surface area (Å²) in [6, 6.07) is 61.9. The fraction of sp³-hybridized carbons (Fsp3) is 0.0222. The molecule has 49 heavy (non-hydrogen) atoms. The number of fused-ring (bicyclic) bond motifs is 8. The van der Waals surface area contributed by atoms with E-state index in [0.29, 0.717) is 0 Å². The maximum absolute atomic E-state index is 3.77. The molecule has 9 aromatic rings. The van der Waals surface area contributed by atoms with Crippen LogP contribution in [-0.2, 0) is 0 Å². The minimum absolute atomic E-state index is 0.204. The minimum Gasteiger partial charge on any atom is -0.368 e. The SMILES string of the molecule is c1ccc(C2Nc3ccc4ccc5cc(N(c6ccccc6)c6cccc(-c7cccc8sc9ccccc9c78)c6)ccc5c4c3S2)cc1. The third-order valence-corrected chi connectivity index (χ3v) is 12.1. The summed E-state index contributed by atoms with van der Waals surface area (Å²) in [4.78, 5) is 3.71. The molecule has 0 amide bonds. The van der Waals surface area contributed by atoms with Crippen LogP contribution in [0.15, 0.2) is 175 Å². The highest BCUT2D eigenvalue weighted by atomic mass is 32.2. The molecule has 0 fully saturated rings. The van der Waals surface area contributed by atoms with E-state index in [0.717, 1.165) is 17.1 Å². The van der Waals surface area contributed by atoms with Crippen LogP contribution in [0.2, 0.25) is 0 Å². The molecule has 0 spiro atoms. The second-order valence-corrected chi connectivity index (χ2v) is 14.8. The van der Waals surface area contributed by atoms with Gasteiger partial charge in [-0.05, 0) is 87.4 Å². The van der Waals surface area contributed by atoms with E-state index in [9.17, 15) is 0 Å². The van der Waals surface area contributed by atoms with Crippen LogP contribution in [-0.4, -0.2) is 0 Å². The average Bonchev–Trinajstić information content (AvgIpc) is 3.78. The van der Waals surface area contributed by atoms with Crippen molar-refractivity contribution in [3.05, 3.63) is 175 Å². The molecule has 1 aliphatic heterocycles. The van der Waals surface area contributed by atoms with E-state index in [1.165, 1.54) is 69.0 Å². The van der Waals surface area contributed by atoms with Crippen molar-refractivity contribution in [3.63, 3.8) is 0 Å². The van der Waals surface area contributed by atoms with Crippen molar-refractivity contribution < 1.29 is 0 Å². The Morgan fingerprint density at radius 3 is 2.10 bits per heavy atom. The van der Waals surface area contributed by atoms with Gasteiger partial charge >= 0.3 is 0 Å². The lowest BCUT2D eigenvalue weighted by atomic mass is 9.98. The van der Waals surface area contributed by atoms with Gasteiger partial charge < -0.3 is 10.2 Å². The molecule has 1 aromatic heterocycles. The first kappa shape index (κ1) is 28.5. The number of para-hydroxylation sites is 1. The number of nitrogens with zero attached hydrogens (tertiary/aromatic N) is 1. The van der Waals surface area contributed by atoms with Crippen LogP contribution in [0.1, 0.15) is 10.9 Å². The summed E-state index contributed by atoms with van der Waals surface area (Å²) in [5, 5.41) is 11.7. The molecule has 2 nitrogen and oxygen atoms in total. The molecule has 1 aliphatic rings. The van der Waals surface area contributed by atoms with E-state index in [1.807, 2.05) is 23.1 Å². The molecule has 232 valence electrons. The molecule has 4 heteroatoms. The molecule has 10 rings (SSSR count). The number of hydrogen-bond donors (Lipinski definition) is 1. The second kappa shape index (κ2) is 11.6. The third kappa shape index (κ3) is 4.79. The molecule has 1 unspecified atom stereocenters. The van der Waals surface area contributed by atoms with Crippen molar-refractivity contribution in [2.75, 3.05) is 10.2 Å². The van der Waals surface area contributed by atoms with Crippen LogP contribution in [0.3, 0.4) is 0 Å². The summed E-state index contributed by atoms with van der Waals surface area (Å²) in [6.07, 6.45) is 0. The van der Waals surface area contributed by atoms with E-state index in [4.69, 9.17) is 0 Å². The smallest absolute Gasteiger partial charge is 0.103 e. The summed E-state index contributed by atoms with van der Waals surface area (Å²) in [7, 11) is 0. The Balaban J connectivity index is 1.11. The number of thiophene rings is 1. The average molecular weight is 663 g/mol. The highest BCUT2D eigenvalue weighted by Crippen LogP contribution is 2.51. The quantitative estimate of drug-likeness (QED) is 0.185. The maximum atomic E-state index is 3.77. The molecule has 2 heterocycles. The number of anilines is 4. The zero-order valence-electron chi connectivity index (χ0n) is 26.5. The topological polar surface area (TPSA) is 15.3 Å². The van der Waals surface area contributed by atoms with Gasteiger partial charge in [0, 0.05) is 53.2 Å². The number of nitrogens with one attached hydrogen (secondary N) is 1. The third-order valence-electron chi connectivity index (χ3n) is 9.65. The Labute approximate surface area is 293 Å². The van der Waals surface area contributed by atoms with E-state index in [1.54, 1.807) is 0 Å². The highest BCUT2D eigenvalue weighted by Gasteiger charge is 2.26. The van der Waals surface area contributed by atoms with Crippen molar-refractivity contribution in [3.8, 4) is 11.1 Å². The van der Waals surface area contributed by atoms with Gasteiger partial charge in [-0.3, -0.25) is 0 Å². The van der Waals surface area contributed by atoms with Gasteiger partial charge in [-0.1, -0.05) is 127 Å². The molecule has 1 N–H and O–H groups in total. The fourth-order valence-electron chi connectivity index (χ4n) is 7.40. The number of hydrogen-bond acceptors (Lipinski definition) is 4. The fourth-order valence-corrected chi connectivity index (χ4v) is 9.85. The summed E-state index contributed by atoms with van der Waals surface area (Å²) in [6.45, 7) is 0. The molecule has 0 bridgehead atoms. The van der Waals surface area contributed by atoms with Crippen LogP contribution in [0.25, 0.3) is 52.8 Å². The standard InChI is InChI=1S/C45H30N2S2/c1-3-11-30(12-4-1)45-46-39-26-23-29-21-22-32-28-35(24-25-37(32)42(29)44(39)49-45)47(33-14-5-2-6-15-33)34-16-9-13-31(27-34)36-18-10-20-41-43(36)38-17-7-8-19-40(38)48-41/h1-28,45-46H. The van der Waals surface area contributed by atoms with Crippen LogP contribution in [0, 0.1) is 0 Å². The normalized spacial score (nSPS) is 14.0. The lowest BCUT2D eigenvalue weighted by Crippen LogP contribution is -2.09. The minimum atomic E-state index is 0.204. The van der Waals surface area contributed by atoms with E-state index in [-0.39, 0.29) is 5.37 Å². The number of thioether (sulfide) groups is 1. The van der Waals surface area contributed by atoms with E-state index < -0.39 is 0 Å². The predicted molar refractivity (Wildman–Crippen MR) is 213 cm³/mol. The summed E-state index contributed by atoms with van der Waals surface area (Å²) in [5.41, 5.74) is 8.38. The molecule has 0 saturated heterocycles. The molecule has 0 radical (unpaired) electrons. The van der Waals surface area contributed by atoms with Crippen molar-refractivity contribution in [2.24, 2.45) is 0 Å². The summed E-state index contributed by atoms with van der Waals surface area (Å²) < 4.78 is 2.65. The van der Waals surface area contributed by atoms with Gasteiger partial charge in [-0.25, -0.2) is 0 Å². The van der Waals surface area contributed by atoms with Gasteiger partial charge in [-0.15, -0.1) is 11.3 Å². The Morgan fingerprint density at radius 2 is 1.20 bits per heavy atom. The van der Waals surface area contributed by atoms with Gasteiger partial charge in [0.15, 0.2) is 0 Å². The molecule has 1 atom stereocenters. The molecular weight excluding hydrogens is 633 g/mol. The summed E-state index contributed by atoms with van der Waals surface area (Å²) >= 11 is 3.79. The molecule has 0 saturated carbocycles. The van der Waals surface area contributed by atoms with Crippen LogP contribution < -0.4 is 10.2 Å². The zero-order valence-corrected chi connectivity index (χ0v) is 28.1. The van der Waals surface area contributed by atoms with E-state index >= 15 is 0 Å². The van der Waals surface area contributed by atoms with E-state index in [2.05, 4.69) is 180 Å². The monoisotopic (exact) mass is 662 g/mol. The first-order valence-electron chi connectivity index (χ1n) is 16.6. The first-order valence-corrected chi connectivity index (χ1v) is 18.3. The lowest BCUT2D eigenvalue weighted by molar-refractivity contribution is 1.14. The van der Waals surface area contributed by atoms with Gasteiger partial charge in [0.2, 0.25) is 0 Å². The van der Waals surface area contributed by atoms with Gasteiger partial charge in [0.05, 0.1) is 0 Å². The number of rotatable bonds is 5. The molecular formula is C45H30N2S2. The number of benzene rings is 8. The first-order chi connectivity index (χ1) is 24.3. The van der Waals surface area contributed by atoms with Crippen molar-refractivity contribution in [1.29, 1.82) is 0 Å². The van der Waals surface area contributed by atoms with Crippen LogP contribution in [0.5, 0.6) is 0 Å². The lowest BCUT2D eigenvalue weighted by Gasteiger charge is -2.26. The Bertz CT molecular complexity index is 2680. The van der Waals surface area contributed by atoms with Crippen molar-refractivity contribution in [1.82, 2.24) is 0 Å². The van der Waals surface area contributed by atoms with Crippen LogP contribution in [0.4, 0.5) is 22.7 Å². The molecule has 8 aromatic carbocycles. The Morgan fingerprint density at radius 1 is 0.490 bits per heavy atom. The van der Waals surface area contributed by atoms with Crippen LogP contribution >= 0.6 is 23.1 Å². The zero-order chi connectivity index (χ0) is 32.3. The Kier molecular flexibility index (Phi) is 6.71. The van der Waals surface area contributed by atoms with Gasteiger partial charge in [-0.2, -0.15) is 0 Å². The maximum Gasteiger partial charge on any atom is 0.103 e. The van der Waals surface area contributed by atoms with Crippen molar-refractivity contribution >= 4 is 87.6 Å². The Hall–Kier alpha value is -5.55.